The van der Waals surface area contributed by atoms with Gasteiger partial charge in [-0.2, -0.15) is 0 Å². The van der Waals surface area contributed by atoms with Gasteiger partial charge in [-0.1, -0.05) is 43.2 Å². The topological polar surface area (TPSA) is 63.2 Å². The Bertz CT molecular complexity index is 641. The molecule has 1 saturated carbocycles. The molecule has 4 nitrogen and oxygen atoms in total. The van der Waals surface area contributed by atoms with E-state index in [0.717, 1.165) is 31.2 Å². The lowest BCUT2D eigenvalue weighted by atomic mass is 9.73. The van der Waals surface area contributed by atoms with Crippen LogP contribution < -0.4 is 5.32 Å². The Morgan fingerprint density at radius 1 is 1.18 bits per heavy atom. The quantitative estimate of drug-likeness (QED) is 0.907. The highest BCUT2D eigenvalue weighted by molar-refractivity contribution is 7.92. The van der Waals surface area contributed by atoms with Crippen LogP contribution in [0.15, 0.2) is 30.3 Å². The molecular formula is C17H23NO3S. The molecule has 2 atom stereocenters. The Labute approximate surface area is 132 Å². The summed E-state index contributed by atoms with van der Waals surface area (Å²) < 4.78 is 25.0. The molecule has 0 aromatic heterocycles. The first-order valence-electron chi connectivity index (χ1n) is 8.06. The Kier molecular flexibility index (Phi) is 4.26. The van der Waals surface area contributed by atoms with Gasteiger partial charge in [0.25, 0.3) is 0 Å². The number of amides is 1. The second kappa shape index (κ2) is 6.03. The van der Waals surface area contributed by atoms with Gasteiger partial charge in [0.1, 0.15) is 0 Å². The van der Waals surface area contributed by atoms with Gasteiger partial charge in [-0.15, -0.1) is 0 Å². The molecule has 1 spiro atoms. The zero-order valence-corrected chi connectivity index (χ0v) is 13.6. The Hall–Kier alpha value is -1.36. The first-order valence-corrected chi connectivity index (χ1v) is 9.72. The molecule has 1 aliphatic carbocycles. The van der Waals surface area contributed by atoms with Crippen LogP contribution >= 0.6 is 0 Å². The minimum absolute atomic E-state index is 0.0394. The lowest BCUT2D eigenvalue weighted by molar-refractivity contribution is -0.121. The van der Waals surface area contributed by atoms with Crippen LogP contribution in [-0.4, -0.2) is 31.4 Å². The first kappa shape index (κ1) is 15.5. The lowest BCUT2D eigenvalue weighted by Crippen LogP contribution is -2.50. The monoisotopic (exact) mass is 321 g/mol. The molecule has 1 aromatic rings. The van der Waals surface area contributed by atoms with Crippen molar-refractivity contribution >= 4 is 15.7 Å². The number of sulfone groups is 1. The SMILES string of the molecule is O=C1CC2(CCCCC2Cc2ccccc2)S(=O)(=O)CCN1. The standard InChI is InChI=1S/C17H23NO3S/c19-16-13-17(22(20,21)11-10-18-16)9-5-4-8-15(17)12-14-6-2-1-3-7-14/h1-3,6-7,15H,4-5,8-13H2,(H,18,19). The number of hydrogen-bond donors (Lipinski definition) is 1. The summed E-state index contributed by atoms with van der Waals surface area (Å²) in [4.78, 5) is 12.1. The average molecular weight is 321 g/mol. The zero-order chi connectivity index (χ0) is 15.6. The van der Waals surface area contributed by atoms with Gasteiger partial charge >= 0.3 is 0 Å². The maximum Gasteiger partial charge on any atom is 0.221 e. The number of carbonyl (C=O) groups excluding carboxylic acids is 1. The van der Waals surface area contributed by atoms with Crippen LogP contribution in [0.5, 0.6) is 0 Å². The number of carbonyl (C=O) groups is 1. The van der Waals surface area contributed by atoms with Crippen LogP contribution in [-0.2, 0) is 21.1 Å². The molecule has 0 bridgehead atoms. The number of rotatable bonds is 2. The minimum atomic E-state index is -3.27. The zero-order valence-electron chi connectivity index (χ0n) is 12.8. The molecular weight excluding hydrogens is 298 g/mol. The van der Waals surface area contributed by atoms with Gasteiger partial charge in [0.05, 0.1) is 10.5 Å². The van der Waals surface area contributed by atoms with E-state index in [1.165, 1.54) is 0 Å². The summed E-state index contributed by atoms with van der Waals surface area (Å²) in [5, 5.41) is 2.74. The van der Waals surface area contributed by atoms with E-state index in [9.17, 15) is 13.2 Å². The average Bonchev–Trinajstić information content (AvgIpc) is 2.60. The van der Waals surface area contributed by atoms with Gasteiger partial charge < -0.3 is 5.32 Å². The third-order valence-electron chi connectivity index (χ3n) is 5.24. The summed E-state index contributed by atoms with van der Waals surface area (Å²) in [7, 11) is -3.27. The van der Waals surface area contributed by atoms with Crippen LogP contribution in [0.3, 0.4) is 0 Å². The smallest absolute Gasteiger partial charge is 0.221 e. The fourth-order valence-corrected chi connectivity index (χ4v) is 6.38. The Morgan fingerprint density at radius 3 is 2.73 bits per heavy atom. The molecule has 1 saturated heterocycles. The molecule has 2 aliphatic rings. The molecule has 0 radical (unpaired) electrons. The van der Waals surface area contributed by atoms with Crippen molar-refractivity contribution in [3.63, 3.8) is 0 Å². The van der Waals surface area contributed by atoms with Crippen molar-refractivity contribution in [3.05, 3.63) is 35.9 Å². The van der Waals surface area contributed by atoms with E-state index >= 15 is 0 Å². The normalized spacial score (nSPS) is 31.5. The summed E-state index contributed by atoms with van der Waals surface area (Å²) in [5.41, 5.74) is 1.16. The van der Waals surface area contributed by atoms with Crippen molar-refractivity contribution in [3.8, 4) is 0 Å². The van der Waals surface area contributed by atoms with Gasteiger partial charge in [-0.25, -0.2) is 8.42 Å². The van der Waals surface area contributed by atoms with Crippen molar-refractivity contribution in [1.82, 2.24) is 5.32 Å². The molecule has 1 aromatic carbocycles. The number of hydrogen-bond acceptors (Lipinski definition) is 3. The van der Waals surface area contributed by atoms with Crippen LogP contribution in [0.25, 0.3) is 0 Å². The van der Waals surface area contributed by atoms with Gasteiger partial charge in [0.2, 0.25) is 5.91 Å². The Balaban J connectivity index is 1.97. The number of benzene rings is 1. The predicted octanol–water partition coefficient (Wildman–Crippen LogP) is 2.09. The fraction of sp³-hybridized carbons (Fsp3) is 0.588. The molecule has 3 rings (SSSR count). The third-order valence-corrected chi connectivity index (χ3v) is 7.91. The second-order valence-electron chi connectivity index (χ2n) is 6.54. The van der Waals surface area contributed by atoms with Crippen LogP contribution in [0.4, 0.5) is 0 Å². The van der Waals surface area contributed by atoms with Crippen molar-refractivity contribution in [1.29, 1.82) is 0 Å². The summed E-state index contributed by atoms with van der Waals surface area (Å²) in [6.45, 7) is 0.251. The van der Waals surface area contributed by atoms with Gasteiger partial charge in [-0.05, 0) is 30.7 Å². The molecule has 1 aliphatic heterocycles. The van der Waals surface area contributed by atoms with Crippen LogP contribution in [0.2, 0.25) is 0 Å². The van der Waals surface area contributed by atoms with Gasteiger partial charge in [0.15, 0.2) is 9.84 Å². The van der Waals surface area contributed by atoms with E-state index in [4.69, 9.17) is 0 Å². The van der Waals surface area contributed by atoms with E-state index < -0.39 is 14.6 Å². The second-order valence-corrected chi connectivity index (χ2v) is 8.99. The van der Waals surface area contributed by atoms with E-state index in [0.29, 0.717) is 6.42 Å². The highest BCUT2D eigenvalue weighted by Gasteiger charge is 2.52. The molecule has 120 valence electrons. The minimum Gasteiger partial charge on any atom is -0.355 e. The summed E-state index contributed by atoms with van der Waals surface area (Å²) in [6, 6.07) is 10.0. The van der Waals surface area contributed by atoms with Crippen molar-refractivity contribution < 1.29 is 13.2 Å². The highest BCUT2D eigenvalue weighted by atomic mass is 32.2. The van der Waals surface area contributed by atoms with Crippen molar-refractivity contribution in [2.75, 3.05) is 12.3 Å². The molecule has 2 unspecified atom stereocenters. The molecule has 1 heterocycles. The van der Waals surface area contributed by atoms with Gasteiger partial charge in [-0.3, -0.25) is 4.79 Å². The van der Waals surface area contributed by atoms with E-state index in [2.05, 4.69) is 5.32 Å². The predicted molar refractivity (Wildman–Crippen MR) is 86.2 cm³/mol. The van der Waals surface area contributed by atoms with Crippen molar-refractivity contribution in [2.45, 2.75) is 43.3 Å². The number of nitrogens with one attached hydrogen (secondary N) is 1. The van der Waals surface area contributed by atoms with Crippen molar-refractivity contribution in [2.24, 2.45) is 5.92 Å². The van der Waals surface area contributed by atoms with Crippen LogP contribution in [0.1, 0.15) is 37.7 Å². The third kappa shape index (κ3) is 2.78. The largest absolute Gasteiger partial charge is 0.355 e. The highest BCUT2D eigenvalue weighted by Crippen LogP contribution is 2.45. The first-order chi connectivity index (χ1) is 10.5. The maximum absolute atomic E-state index is 12.9. The van der Waals surface area contributed by atoms with E-state index in [1.54, 1.807) is 0 Å². The summed E-state index contributed by atoms with van der Waals surface area (Å²) in [5.74, 6) is 0.00264. The molecule has 5 heteroatoms. The summed E-state index contributed by atoms with van der Waals surface area (Å²) >= 11 is 0. The fourth-order valence-electron chi connectivity index (χ4n) is 4.08. The lowest BCUT2D eigenvalue weighted by Gasteiger charge is -2.42. The van der Waals surface area contributed by atoms with E-state index in [1.807, 2.05) is 30.3 Å². The Morgan fingerprint density at radius 2 is 1.95 bits per heavy atom. The molecule has 1 amide bonds. The van der Waals surface area contributed by atoms with E-state index in [-0.39, 0.29) is 30.5 Å². The van der Waals surface area contributed by atoms with Crippen LogP contribution in [0, 0.1) is 5.92 Å². The van der Waals surface area contributed by atoms with Gasteiger partial charge in [0, 0.05) is 13.0 Å². The maximum atomic E-state index is 12.9. The molecule has 1 N–H and O–H groups in total. The molecule has 22 heavy (non-hydrogen) atoms. The molecule has 2 fully saturated rings. The summed E-state index contributed by atoms with van der Waals surface area (Å²) in [6.07, 6.45) is 4.34.